The highest BCUT2D eigenvalue weighted by molar-refractivity contribution is 4.95. The third-order valence-corrected chi connectivity index (χ3v) is 4.41. The van der Waals surface area contributed by atoms with E-state index in [1.165, 1.54) is 19.3 Å². The van der Waals surface area contributed by atoms with Crippen molar-refractivity contribution >= 4 is 0 Å². The first-order chi connectivity index (χ1) is 8.23. The lowest BCUT2D eigenvalue weighted by Gasteiger charge is -2.28. The normalized spacial score (nSPS) is 32.9. The lowest BCUT2D eigenvalue weighted by atomic mass is 9.94. The molecule has 0 radical (unpaired) electrons. The molecule has 0 bridgehead atoms. The number of aliphatic hydroxyl groups is 1. The summed E-state index contributed by atoms with van der Waals surface area (Å²) in [4.78, 5) is 0. The van der Waals surface area contributed by atoms with E-state index in [2.05, 4.69) is 11.4 Å². The highest BCUT2D eigenvalue weighted by Crippen LogP contribution is 2.30. The maximum Gasteiger partial charge on any atom is 0.0771 e. The lowest BCUT2D eigenvalue weighted by molar-refractivity contribution is 0.0431. The Hall–Kier alpha value is -0.590. The molecule has 2 rings (SSSR count). The number of rotatable bonds is 3. The lowest BCUT2D eigenvalue weighted by Crippen LogP contribution is -2.45. The van der Waals surface area contributed by atoms with Gasteiger partial charge in [-0.2, -0.15) is 5.26 Å². The maximum atomic E-state index is 10.3. The number of nitrogens with one attached hydrogen (secondary N) is 1. The van der Waals surface area contributed by atoms with Crippen LogP contribution < -0.4 is 5.32 Å². The third kappa shape index (κ3) is 3.43. The van der Waals surface area contributed by atoms with E-state index in [1.807, 2.05) is 0 Å². The Balaban J connectivity index is 1.85. The van der Waals surface area contributed by atoms with Crippen LogP contribution in [0.2, 0.25) is 0 Å². The molecule has 0 aromatic carbocycles. The van der Waals surface area contributed by atoms with Crippen LogP contribution in [0.25, 0.3) is 0 Å². The standard InChI is InChI=1S/C14H24N2O/c15-10-12-6-2-1-3-7-13(12)16-11-14(17)8-4-5-9-14/h12-13,16-17H,1-9,11H2. The van der Waals surface area contributed by atoms with Gasteiger partial charge in [0, 0.05) is 12.6 Å². The Morgan fingerprint density at radius 3 is 2.53 bits per heavy atom. The van der Waals surface area contributed by atoms with Gasteiger partial charge in [-0.3, -0.25) is 0 Å². The fourth-order valence-electron chi connectivity index (χ4n) is 3.24. The Labute approximate surface area is 104 Å². The van der Waals surface area contributed by atoms with Gasteiger partial charge in [0.25, 0.3) is 0 Å². The smallest absolute Gasteiger partial charge is 0.0771 e. The number of hydrogen-bond acceptors (Lipinski definition) is 3. The Bertz CT molecular complexity index is 278. The second kappa shape index (κ2) is 5.84. The zero-order chi connectivity index (χ0) is 12.1. The second-order valence-corrected chi connectivity index (χ2v) is 5.79. The van der Waals surface area contributed by atoms with Crippen molar-refractivity contribution in [3.63, 3.8) is 0 Å². The van der Waals surface area contributed by atoms with Crippen molar-refractivity contribution in [2.24, 2.45) is 5.92 Å². The summed E-state index contributed by atoms with van der Waals surface area (Å²) in [5.41, 5.74) is -0.494. The fourth-order valence-corrected chi connectivity index (χ4v) is 3.24. The summed E-state index contributed by atoms with van der Waals surface area (Å²) < 4.78 is 0. The van der Waals surface area contributed by atoms with E-state index in [0.717, 1.165) is 38.5 Å². The molecule has 0 aromatic rings. The monoisotopic (exact) mass is 236 g/mol. The predicted octanol–water partition coefficient (Wildman–Crippen LogP) is 2.35. The van der Waals surface area contributed by atoms with E-state index in [9.17, 15) is 10.4 Å². The Kier molecular flexibility index (Phi) is 4.42. The van der Waals surface area contributed by atoms with Crippen LogP contribution in [-0.4, -0.2) is 23.3 Å². The van der Waals surface area contributed by atoms with Crippen molar-refractivity contribution in [1.29, 1.82) is 5.26 Å². The van der Waals surface area contributed by atoms with E-state index in [4.69, 9.17) is 0 Å². The molecule has 96 valence electrons. The molecule has 3 nitrogen and oxygen atoms in total. The fraction of sp³-hybridized carbons (Fsp3) is 0.929. The Morgan fingerprint density at radius 2 is 1.82 bits per heavy atom. The second-order valence-electron chi connectivity index (χ2n) is 5.79. The summed E-state index contributed by atoms with van der Waals surface area (Å²) in [7, 11) is 0. The van der Waals surface area contributed by atoms with Crippen molar-refractivity contribution in [2.75, 3.05) is 6.54 Å². The molecule has 0 spiro atoms. The van der Waals surface area contributed by atoms with Crippen LogP contribution in [0.15, 0.2) is 0 Å². The summed E-state index contributed by atoms with van der Waals surface area (Å²) in [6, 6.07) is 2.74. The molecule has 0 saturated heterocycles. The molecule has 2 aliphatic carbocycles. The molecule has 2 unspecified atom stereocenters. The summed E-state index contributed by atoms with van der Waals surface area (Å²) >= 11 is 0. The molecule has 0 aromatic heterocycles. The molecule has 0 heterocycles. The van der Waals surface area contributed by atoms with Gasteiger partial charge in [0.2, 0.25) is 0 Å². The first-order valence-corrected chi connectivity index (χ1v) is 7.09. The van der Waals surface area contributed by atoms with Crippen LogP contribution in [0.1, 0.15) is 57.8 Å². The van der Waals surface area contributed by atoms with Gasteiger partial charge < -0.3 is 10.4 Å². The van der Waals surface area contributed by atoms with E-state index in [0.29, 0.717) is 12.6 Å². The zero-order valence-corrected chi connectivity index (χ0v) is 10.6. The minimum atomic E-state index is -0.494. The highest BCUT2D eigenvalue weighted by Gasteiger charge is 2.32. The first kappa shape index (κ1) is 12.9. The van der Waals surface area contributed by atoms with Gasteiger partial charge in [-0.25, -0.2) is 0 Å². The van der Waals surface area contributed by atoms with Crippen molar-refractivity contribution in [2.45, 2.75) is 69.4 Å². The van der Waals surface area contributed by atoms with Crippen LogP contribution in [0.4, 0.5) is 0 Å². The topological polar surface area (TPSA) is 56.0 Å². The minimum Gasteiger partial charge on any atom is -0.389 e. The molecule has 17 heavy (non-hydrogen) atoms. The van der Waals surface area contributed by atoms with E-state index >= 15 is 0 Å². The molecular weight excluding hydrogens is 212 g/mol. The number of hydrogen-bond donors (Lipinski definition) is 2. The number of nitriles is 1. The average molecular weight is 236 g/mol. The van der Waals surface area contributed by atoms with Crippen LogP contribution in [0, 0.1) is 17.2 Å². The predicted molar refractivity (Wildman–Crippen MR) is 67.4 cm³/mol. The van der Waals surface area contributed by atoms with E-state index in [-0.39, 0.29) is 5.92 Å². The van der Waals surface area contributed by atoms with Gasteiger partial charge in [0.15, 0.2) is 0 Å². The van der Waals surface area contributed by atoms with Crippen LogP contribution >= 0.6 is 0 Å². The average Bonchev–Trinajstić information content (AvgIpc) is 2.64. The van der Waals surface area contributed by atoms with Crippen molar-refractivity contribution in [3.05, 3.63) is 0 Å². The first-order valence-electron chi connectivity index (χ1n) is 7.09. The van der Waals surface area contributed by atoms with Gasteiger partial charge in [0.1, 0.15) is 0 Å². The Morgan fingerprint density at radius 1 is 1.12 bits per heavy atom. The van der Waals surface area contributed by atoms with Crippen molar-refractivity contribution in [1.82, 2.24) is 5.32 Å². The molecule has 2 N–H and O–H groups in total. The van der Waals surface area contributed by atoms with Crippen molar-refractivity contribution < 1.29 is 5.11 Å². The summed E-state index contributed by atoms with van der Waals surface area (Å²) in [6.45, 7) is 0.676. The van der Waals surface area contributed by atoms with Gasteiger partial charge in [-0.05, 0) is 25.7 Å². The number of nitrogens with zero attached hydrogens (tertiary/aromatic N) is 1. The molecule has 0 aliphatic heterocycles. The van der Waals surface area contributed by atoms with Gasteiger partial charge in [-0.1, -0.05) is 32.1 Å². The van der Waals surface area contributed by atoms with E-state index < -0.39 is 5.60 Å². The molecule has 2 aliphatic rings. The summed E-state index contributed by atoms with van der Waals surface area (Å²) in [5.74, 6) is 0.141. The van der Waals surface area contributed by atoms with Gasteiger partial charge >= 0.3 is 0 Å². The molecule has 2 saturated carbocycles. The van der Waals surface area contributed by atoms with Crippen LogP contribution in [-0.2, 0) is 0 Å². The molecule has 2 atom stereocenters. The quantitative estimate of drug-likeness (QED) is 0.740. The minimum absolute atomic E-state index is 0.141. The summed E-state index contributed by atoms with van der Waals surface area (Å²) in [6.07, 6.45) is 9.89. The van der Waals surface area contributed by atoms with Crippen molar-refractivity contribution in [3.8, 4) is 6.07 Å². The summed E-state index contributed by atoms with van der Waals surface area (Å²) in [5, 5.41) is 23.0. The molecule has 2 fully saturated rings. The molecule has 0 amide bonds. The molecule has 3 heteroatoms. The van der Waals surface area contributed by atoms with Crippen LogP contribution in [0.3, 0.4) is 0 Å². The van der Waals surface area contributed by atoms with Gasteiger partial charge in [0.05, 0.1) is 17.6 Å². The van der Waals surface area contributed by atoms with E-state index in [1.54, 1.807) is 0 Å². The van der Waals surface area contributed by atoms with Gasteiger partial charge in [-0.15, -0.1) is 0 Å². The van der Waals surface area contributed by atoms with Crippen LogP contribution in [0.5, 0.6) is 0 Å². The maximum absolute atomic E-state index is 10.3. The zero-order valence-electron chi connectivity index (χ0n) is 10.6. The third-order valence-electron chi connectivity index (χ3n) is 4.41. The molecular formula is C14H24N2O. The SMILES string of the molecule is N#CC1CCCCCC1NCC1(O)CCCC1. The largest absolute Gasteiger partial charge is 0.389 e. The highest BCUT2D eigenvalue weighted by atomic mass is 16.3.